The molecule has 3 nitrogen and oxygen atoms in total. The molecule has 1 heterocycles. The number of aromatic amines is 1. The summed E-state index contributed by atoms with van der Waals surface area (Å²) in [5.41, 5.74) is 0.636. The third-order valence-corrected chi connectivity index (χ3v) is 2.94. The number of fused-ring (bicyclic) bond motifs is 1. The lowest BCUT2D eigenvalue weighted by atomic mass is 10.2. The molecule has 5 heteroatoms. The Balaban J connectivity index is 3.03. The molecule has 1 N–H and O–H groups in total. The molecular weight excluding hydrogens is 347 g/mol. The van der Waals surface area contributed by atoms with Crippen molar-refractivity contribution in [3.05, 3.63) is 36.9 Å². The van der Waals surface area contributed by atoms with Crippen LogP contribution >= 0.6 is 38.5 Å². The normalized spacial score (nSPS) is 10.6. The maximum atomic E-state index is 11.4. The highest BCUT2D eigenvalue weighted by atomic mass is 127. The van der Waals surface area contributed by atoms with Crippen molar-refractivity contribution >= 4 is 49.4 Å². The fraction of sp³-hybridized carbons (Fsp3) is 0. The summed E-state index contributed by atoms with van der Waals surface area (Å²) in [5, 5.41) is 0.612. The number of benzene rings is 1. The van der Waals surface area contributed by atoms with Crippen LogP contribution in [-0.2, 0) is 0 Å². The Kier molecular flexibility index (Phi) is 2.37. The molecule has 0 bridgehead atoms. The highest BCUT2D eigenvalue weighted by Gasteiger charge is 2.04. The van der Waals surface area contributed by atoms with Gasteiger partial charge in [-0.2, -0.15) is 0 Å². The van der Waals surface area contributed by atoms with E-state index < -0.39 is 0 Å². The van der Waals surface area contributed by atoms with Crippen LogP contribution in [0.4, 0.5) is 0 Å². The Morgan fingerprint density at radius 3 is 3.00 bits per heavy atom. The van der Waals surface area contributed by atoms with Crippen LogP contribution in [0.3, 0.4) is 0 Å². The Morgan fingerprint density at radius 1 is 1.46 bits per heavy atom. The summed E-state index contributed by atoms with van der Waals surface area (Å²) in [4.78, 5) is 18.0. The largest absolute Gasteiger partial charge is 0.313 e. The van der Waals surface area contributed by atoms with Crippen LogP contribution in [-0.4, -0.2) is 9.97 Å². The predicted molar refractivity (Wildman–Crippen MR) is 62.8 cm³/mol. The number of H-pyrrole nitrogens is 1. The Labute approximate surface area is 95.8 Å². The molecule has 2 aromatic rings. The van der Waals surface area contributed by atoms with E-state index in [0.29, 0.717) is 5.39 Å². The molecule has 2 rings (SSSR count). The first-order valence-corrected chi connectivity index (χ1v) is 5.38. The molecule has 0 spiro atoms. The van der Waals surface area contributed by atoms with E-state index in [2.05, 4.69) is 48.5 Å². The van der Waals surface area contributed by atoms with Crippen molar-refractivity contribution in [3.8, 4) is 0 Å². The Hall–Kier alpha value is -0.430. The zero-order valence-electron chi connectivity index (χ0n) is 6.34. The maximum Gasteiger partial charge on any atom is 0.258 e. The summed E-state index contributed by atoms with van der Waals surface area (Å²) >= 11 is 5.49. The van der Waals surface area contributed by atoms with Crippen molar-refractivity contribution in [1.29, 1.82) is 0 Å². The van der Waals surface area contributed by atoms with Crippen LogP contribution in [0.5, 0.6) is 0 Å². The highest BCUT2D eigenvalue weighted by Crippen LogP contribution is 2.21. The monoisotopic (exact) mass is 350 g/mol. The molecule has 0 saturated carbocycles. The van der Waals surface area contributed by atoms with Gasteiger partial charge in [0.1, 0.15) is 0 Å². The molecular formula is C8H4BrIN2O. The number of halogens is 2. The molecule has 1 aromatic carbocycles. The van der Waals surface area contributed by atoms with Gasteiger partial charge in [0.15, 0.2) is 0 Å². The minimum atomic E-state index is -0.107. The number of hydrogen-bond acceptors (Lipinski definition) is 2. The lowest BCUT2D eigenvalue weighted by Crippen LogP contribution is -2.06. The Bertz CT molecular complexity index is 523. The first kappa shape index (κ1) is 9.14. The minimum Gasteiger partial charge on any atom is -0.313 e. The summed E-state index contributed by atoms with van der Waals surface area (Å²) in [7, 11) is 0. The summed E-state index contributed by atoms with van der Waals surface area (Å²) in [6, 6.07) is 3.69. The van der Waals surface area contributed by atoms with Crippen molar-refractivity contribution in [2.24, 2.45) is 0 Å². The molecule has 66 valence electrons. The summed E-state index contributed by atoms with van der Waals surface area (Å²) in [5.74, 6) is 0. The highest BCUT2D eigenvalue weighted by molar-refractivity contribution is 14.1. The van der Waals surface area contributed by atoms with Gasteiger partial charge in [-0.15, -0.1) is 0 Å². The van der Waals surface area contributed by atoms with E-state index in [1.54, 1.807) is 6.07 Å². The van der Waals surface area contributed by atoms with Crippen molar-refractivity contribution in [1.82, 2.24) is 9.97 Å². The minimum absolute atomic E-state index is 0.107. The lowest BCUT2D eigenvalue weighted by molar-refractivity contribution is 1.17. The van der Waals surface area contributed by atoms with Crippen molar-refractivity contribution in [2.75, 3.05) is 0 Å². The summed E-state index contributed by atoms with van der Waals surface area (Å²) in [6.07, 6.45) is 1.42. The predicted octanol–water partition coefficient (Wildman–Crippen LogP) is 2.29. The number of aromatic nitrogens is 2. The van der Waals surface area contributed by atoms with Gasteiger partial charge in [-0.1, -0.05) is 15.9 Å². The summed E-state index contributed by atoms with van der Waals surface area (Å²) < 4.78 is 1.86. The van der Waals surface area contributed by atoms with Crippen LogP contribution in [0.2, 0.25) is 0 Å². The quantitative estimate of drug-likeness (QED) is 0.741. The fourth-order valence-corrected chi connectivity index (χ4v) is 2.75. The van der Waals surface area contributed by atoms with Gasteiger partial charge in [0, 0.05) is 8.04 Å². The third kappa shape index (κ3) is 1.62. The van der Waals surface area contributed by atoms with Crippen LogP contribution in [0.25, 0.3) is 10.9 Å². The third-order valence-electron chi connectivity index (χ3n) is 1.66. The average Bonchev–Trinajstić information content (AvgIpc) is 2.07. The van der Waals surface area contributed by atoms with E-state index in [9.17, 15) is 4.79 Å². The molecule has 0 aliphatic heterocycles. The van der Waals surface area contributed by atoms with Gasteiger partial charge in [0.2, 0.25) is 0 Å². The van der Waals surface area contributed by atoms with Crippen LogP contribution in [0, 0.1) is 3.57 Å². The number of hydrogen-bond donors (Lipinski definition) is 1. The van der Waals surface area contributed by atoms with Crippen LogP contribution in [0.15, 0.2) is 27.7 Å². The SMILES string of the molecule is O=c1[nH]cnc2c(I)cc(Br)cc12. The fourth-order valence-electron chi connectivity index (χ4n) is 1.10. The van der Waals surface area contributed by atoms with Gasteiger partial charge in [0.25, 0.3) is 5.56 Å². The number of rotatable bonds is 0. The molecule has 0 fully saturated rings. The van der Waals surface area contributed by atoms with Crippen molar-refractivity contribution in [3.63, 3.8) is 0 Å². The average molecular weight is 351 g/mol. The van der Waals surface area contributed by atoms with Crippen molar-refractivity contribution in [2.45, 2.75) is 0 Å². The van der Waals surface area contributed by atoms with Gasteiger partial charge in [-0.3, -0.25) is 4.79 Å². The Morgan fingerprint density at radius 2 is 2.23 bits per heavy atom. The van der Waals surface area contributed by atoms with E-state index in [1.807, 2.05) is 6.07 Å². The molecule has 0 saturated heterocycles. The van der Waals surface area contributed by atoms with Gasteiger partial charge in [0.05, 0.1) is 17.2 Å². The smallest absolute Gasteiger partial charge is 0.258 e. The second-order valence-corrected chi connectivity index (χ2v) is 4.59. The molecule has 13 heavy (non-hydrogen) atoms. The van der Waals surface area contributed by atoms with Crippen LogP contribution < -0.4 is 5.56 Å². The van der Waals surface area contributed by atoms with E-state index in [-0.39, 0.29) is 5.56 Å². The second kappa shape index (κ2) is 3.38. The lowest BCUT2D eigenvalue weighted by Gasteiger charge is -1.98. The topological polar surface area (TPSA) is 45.8 Å². The molecule has 0 radical (unpaired) electrons. The van der Waals surface area contributed by atoms with E-state index >= 15 is 0 Å². The van der Waals surface area contributed by atoms with Crippen LogP contribution in [0.1, 0.15) is 0 Å². The maximum absolute atomic E-state index is 11.4. The molecule has 1 aromatic heterocycles. The standard InChI is InChI=1S/C8H4BrIN2O/c9-4-1-5-7(6(10)2-4)11-3-12-8(5)13/h1-3H,(H,11,12,13). The van der Waals surface area contributed by atoms with Gasteiger partial charge in [-0.25, -0.2) is 4.98 Å². The van der Waals surface area contributed by atoms with Gasteiger partial charge in [-0.05, 0) is 34.7 Å². The second-order valence-electron chi connectivity index (χ2n) is 2.52. The van der Waals surface area contributed by atoms with E-state index in [0.717, 1.165) is 13.6 Å². The first-order valence-electron chi connectivity index (χ1n) is 3.51. The molecule has 0 unspecified atom stereocenters. The van der Waals surface area contributed by atoms with Gasteiger partial charge >= 0.3 is 0 Å². The molecule has 0 aliphatic carbocycles. The molecule has 0 amide bonds. The zero-order chi connectivity index (χ0) is 9.42. The number of nitrogens with one attached hydrogen (secondary N) is 1. The first-order chi connectivity index (χ1) is 6.18. The zero-order valence-corrected chi connectivity index (χ0v) is 10.1. The molecule has 0 aliphatic rings. The summed E-state index contributed by atoms with van der Waals surface area (Å²) in [6.45, 7) is 0. The van der Waals surface area contributed by atoms with E-state index in [1.165, 1.54) is 6.33 Å². The van der Waals surface area contributed by atoms with Gasteiger partial charge < -0.3 is 4.98 Å². The molecule has 0 atom stereocenters. The van der Waals surface area contributed by atoms with E-state index in [4.69, 9.17) is 0 Å². The van der Waals surface area contributed by atoms with Crippen molar-refractivity contribution < 1.29 is 0 Å². The number of nitrogens with zero attached hydrogens (tertiary/aromatic N) is 1.